The fraction of sp³-hybridized carbons (Fsp3) is 0.438. The number of aromatic nitrogens is 5. The molecule has 0 spiro atoms. The van der Waals surface area contributed by atoms with Crippen molar-refractivity contribution in [3.8, 4) is 0 Å². The zero-order chi connectivity index (χ0) is 64.5. The quantitative estimate of drug-likeness (QED) is 0.151. The van der Waals surface area contributed by atoms with Crippen molar-refractivity contribution in [2.45, 2.75) is 242 Å². The van der Waals surface area contributed by atoms with Crippen molar-refractivity contribution in [2.24, 2.45) is 0 Å². The monoisotopic (exact) mass is 1140 g/mol. The molecule has 5 aromatic heterocycles. The van der Waals surface area contributed by atoms with Crippen LogP contribution >= 0.6 is 0 Å². The highest BCUT2D eigenvalue weighted by Crippen LogP contribution is 2.37. The molecule has 0 saturated carbocycles. The summed E-state index contributed by atoms with van der Waals surface area (Å²) in [6.07, 6.45) is 0. The van der Waals surface area contributed by atoms with E-state index >= 15 is 0 Å². The molecule has 0 aliphatic rings. The molecule has 5 heterocycles. The minimum Gasteiger partial charge on any atom is -0.253 e. The Kier molecular flexibility index (Phi) is 20.0. The van der Waals surface area contributed by atoms with Crippen LogP contribution in [-0.2, 0) is 0 Å². The molecule has 0 atom stereocenters. The van der Waals surface area contributed by atoms with Crippen molar-refractivity contribution >= 4 is 54.5 Å². The molecule has 10 aromatic rings. The normalized spacial score (nSPS) is 11.2. The zero-order valence-electron chi connectivity index (χ0n) is 59.7. The summed E-state index contributed by atoms with van der Waals surface area (Å²) in [6, 6.07) is 0. The van der Waals surface area contributed by atoms with Crippen LogP contribution in [-0.4, -0.2) is 24.9 Å². The Balaban J connectivity index is 0.000000170. The summed E-state index contributed by atoms with van der Waals surface area (Å²) < 4.78 is 0. The van der Waals surface area contributed by atoms with Gasteiger partial charge in [-0.15, -0.1) is 0 Å². The Hall–Kier alpha value is -6.85. The highest BCUT2D eigenvalue weighted by atomic mass is 14.7. The SMILES string of the molecule is Cc1nc2c(C)c(C)c(C)c(C)c2c(C)c1C.Cc1nc2c(C)c(C)c(C)c(C)c2c(C)c1C.Cc1nc2c(C)c(C)c(C)c(C)c2c(C)c1C.Cc1nc2c(C)c(C)c(C)c(C)c2c(C)c1C.Cc1nc2c(C)c(C)c(C)c(C)c2c(C)c1C. The summed E-state index contributed by atoms with van der Waals surface area (Å²) in [7, 11) is 0. The van der Waals surface area contributed by atoms with Crippen LogP contribution < -0.4 is 0 Å². The summed E-state index contributed by atoms with van der Waals surface area (Å²) >= 11 is 0. The van der Waals surface area contributed by atoms with Crippen LogP contribution in [0.2, 0.25) is 0 Å². The summed E-state index contributed by atoms with van der Waals surface area (Å²) in [5.41, 5.74) is 52.7. The number of hydrogen-bond acceptors (Lipinski definition) is 5. The van der Waals surface area contributed by atoms with Crippen LogP contribution in [0, 0.1) is 242 Å². The second kappa shape index (κ2) is 25.2. The van der Waals surface area contributed by atoms with Crippen LogP contribution in [0.3, 0.4) is 0 Å². The highest BCUT2D eigenvalue weighted by Gasteiger charge is 2.20. The van der Waals surface area contributed by atoms with Crippen molar-refractivity contribution in [3.05, 3.63) is 195 Å². The number of benzene rings is 5. The van der Waals surface area contributed by atoms with Gasteiger partial charge in [-0.1, -0.05) is 0 Å². The van der Waals surface area contributed by atoms with E-state index in [-0.39, 0.29) is 0 Å². The first-order valence-corrected chi connectivity index (χ1v) is 31.0. The Morgan fingerprint density at radius 2 is 0.200 bits per heavy atom. The van der Waals surface area contributed by atoms with Gasteiger partial charge in [-0.3, -0.25) is 24.9 Å². The van der Waals surface area contributed by atoms with Crippen LogP contribution in [0.15, 0.2) is 0 Å². The third-order valence-electron chi connectivity index (χ3n) is 22.1. The van der Waals surface area contributed by atoms with Crippen LogP contribution in [0.1, 0.15) is 195 Å². The molecule has 0 unspecified atom stereocenters. The maximum atomic E-state index is 4.80. The molecule has 85 heavy (non-hydrogen) atoms. The lowest BCUT2D eigenvalue weighted by Crippen LogP contribution is -2.01. The van der Waals surface area contributed by atoms with Crippen LogP contribution in [0.5, 0.6) is 0 Å². The second-order valence-corrected chi connectivity index (χ2v) is 25.9. The number of pyridine rings is 5. The van der Waals surface area contributed by atoms with E-state index in [9.17, 15) is 0 Å². The molecular formula is C80H105N5. The van der Waals surface area contributed by atoms with Gasteiger partial charge in [-0.05, 0) is 409 Å². The molecular weight excluding hydrogens is 1030 g/mol. The van der Waals surface area contributed by atoms with E-state index in [2.05, 4.69) is 242 Å². The topological polar surface area (TPSA) is 64.5 Å². The molecule has 0 bridgehead atoms. The number of aryl methyl sites for hydroxylation is 20. The first-order valence-electron chi connectivity index (χ1n) is 31.0. The van der Waals surface area contributed by atoms with E-state index in [0.29, 0.717) is 0 Å². The van der Waals surface area contributed by atoms with E-state index < -0.39 is 0 Å². The number of hydrogen-bond donors (Lipinski definition) is 0. The maximum Gasteiger partial charge on any atom is 0.0742 e. The molecule has 5 aromatic carbocycles. The van der Waals surface area contributed by atoms with E-state index in [1.165, 1.54) is 221 Å². The molecule has 0 N–H and O–H groups in total. The van der Waals surface area contributed by atoms with Gasteiger partial charge in [0.1, 0.15) is 0 Å². The zero-order valence-corrected chi connectivity index (χ0v) is 59.7. The van der Waals surface area contributed by atoms with Crippen molar-refractivity contribution < 1.29 is 0 Å². The summed E-state index contributed by atoms with van der Waals surface area (Å²) in [4.78, 5) is 24.0. The Morgan fingerprint density at radius 3 is 0.318 bits per heavy atom. The van der Waals surface area contributed by atoms with Crippen molar-refractivity contribution in [3.63, 3.8) is 0 Å². The molecule has 0 amide bonds. The first-order chi connectivity index (χ1) is 39.3. The van der Waals surface area contributed by atoms with E-state index in [1.54, 1.807) is 0 Å². The molecule has 0 fully saturated rings. The van der Waals surface area contributed by atoms with E-state index in [0.717, 1.165) is 28.5 Å². The molecule has 10 rings (SSSR count). The lowest BCUT2D eigenvalue weighted by molar-refractivity contribution is 1.14. The standard InChI is InChI=1S/5C16H21N/c5*1-8-9(2)13(6)16-15(11(8)4)12(5)10(3)14(7)17-16/h5*1-7H3. The summed E-state index contributed by atoms with van der Waals surface area (Å²) in [5.74, 6) is 0. The third kappa shape index (κ3) is 11.7. The highest BCUT2D eigenvalue weighted by molar-refractivity contribution is 5.95. The lowest BCUT2D eigenvalue weighted by Gasteiger charge is -2.17. The van der Waals surface area contributed by atoms with Gasteiger partial charge in [-0.25, -0.2) is 0 Å². The molecule has 450 valence electrons. The van der Waals surface area contributed by atoms with Gasteiger partial charge in [-0.2, -0.15) is 0 Å². The van der Waals surface area contributed by atoms with Gasteiger partial charge in [0.2, 0.25) is 0 Å². The van der Waals surface area contributed by atoms with E-state index in [1.807, 2.05) is 0 Å². The Labute approximate surface area is 514 Å². The van der Waals surface area contributed by atoms with E-state index in [4.69, 9.17) is 24.9 Å². The minimum atomic E-state index is 1.15. The predicted octanol–water partition coefficient (Wildman–Crippen LogP) is 22.0. The van der Waals surface area contributed by atoms with Crippen molar-refractivity contribution in [1.82, 2.24) is 24.9 Å². The number of nitrogens with zero attached hydrogens (tertiary/aromatic N) is 5. The largest absolute Gasteiger partial charge is 0.253 e. The molecule has 0 aliphatic heterocycles. The Morgan fingerprint density at radius 1 is 0.106 bits per heavy atom. The average Bonchev–Trinajstić information content (AvgIpc) is 1.75. The fourth-order valence-corrected chi connectivity index (χ4v) is 13.0. The second-order valence-electron chi connectivity index (χ2n) is 25.9. The number of rotatable bonds is 0. The van der Waals surface area contributed by atoms with Gasteiger partial charge >= 0.3 is 0 Å². The molecule has 0 radical (unpaired) electrons. The Bertz CT molecular complexity index is 3720. The van der Waals surface area contributed by atoms with Gasteiger partial charge in [0.05, 0.1) is 27.6 Å². The minimum absolute atomic E-state index is 1.15. The number of fused-ring (bicyclic) bond motifs is 5. The maximum absolute atomic E-state index is 4.80. The smallest absolute Gasteiger partial charge is 0.0742 e. The van der Waals surface area contributed by atoms with Crippen molar-refractivity contribution in [2.75, 3.05) is 0 Å². The third-order valence-corrected chi connectivity index (χ3v) is 22.1. The summed E-state index contributed by atoms with van der Waals surface area (Å²) in [6.45, 7) is 76.5. The molecule has 5 heteroatoms. The van der Waals surface area contributed by atoms with Gasteiger partial charge in [0.25, 0.3) is 0 Å². The van der Waals surface area contributed by atoms with Gasteiger partial charge in [0, 0.05) is 55.4 Å². The fourth-order valence-electron chi connectivity index (χ4n) is 13.0. The molecule has 0 saturated heterocycles. The molecule has 5 nitrogen and oxygen atoms in total. The first kappa shape index (κ1) is 67.3. The van der Waals surface area contributed by atoms with Crippen molar-refractivity contribution in [1.29, 1.82) is 0 Å². The van der Waals surface area contributed by atoms with Crippen LogP contribution in [0.25, 0.3) is 54.5 Å². The summed E-state index contributed by atoms with van der Waals surface area (Å²) in [5, 5.41) is 6.78. The van der Waals surface area contributed by atoms with Gasteiger partial charge < -0.3 is 0 Å². The molecule has 0 aliphatic carbocycles. The average molecular weight is 1140 g/mol. The predicted molar refractivity (Wildman–Crippen MR) is 375 cm³/mol. The van der Waals surface area contributed by atoms with Crippen LogP contribution in [0.4, 0.5) is 0 Å². The van der Waals surface area contributed by atoms with Gasteiger partial charge in [0.15, 0.2) is 0 Å². The lowest BCUT2D eigenvalue weighted by atomic mass is 9.90.